The second-order valence-electron chi connectivity index (χ2n) is 4.93. The maximum atomic E-state index is 6.57. The minimum Gasteiger partial charge on any atom is -0.319 e. The molecule has 17 heavy (non-hydrogen) atoms. The van der Waals surface area contributed by atoms with Crippen LogP contribution < -0.4 is 5.73 Å². The van der Waals surface area contributed by atoms with Crippen LogP contribution in [0.5, 0.6) is 0 Å². The van der Waals surface area contributed by atoms with Crippen LogP contribution in [0.1, 0.15) is 43.5 Å². The van der Waals surface area contributed by atoms with Crippen molar-refractivity contribution in [2.24, 2.45) is 5.73 Å². The van der Waals surface area contributed by atoms with E-state index in [1.807, 2.05) is 18.5 Å². The van der Waals surface area contributed by atoms with Gasteiger partial charge in [0.05, 0.1) is 22.0 Å². The first-order valence-electron chi connectivity index (χ1n) is 6.28. The summed E-state index contributed by atoms with van der Waals surface area (Å²) in [6.45, 7) is 0. The minimum absolute atomic E-state index is 0.194. The number of nitrogens with two attached hydrogens (primary N) is 1. The molecule has 1 fully saturated rings. The van der Waals surface area contributed by atoms with Gasteiger partial charge >= 0.3 is 0 Å². The summed E-state index contributed by atoms with van der Waals surface area (Å²) in [7, 11) is 0. The second kappa shape index (κ2) is 4.35. The molecule has 2 N–H and O–H groups in total. The Hall–Kier alpha value is -1.00. The lowest BCUT2D eigenvalue weighted by molar-refractivity contribution is 0.384. The van der Waals surface area contributed by atoms with Gasteiger partial charge in [0.2, 0.25) is 0 Å². The Balaban J connectivity index is 2.01. The quantitative estimate of drug-likeness (QED) is 0.787. The lowest BCUT2D eigenvalue weighted by Gasteiger charge is -2.25. The highest BCUT2D eigenvalue weighted by Gasteiger charge is 2.31. The molecule has 2 aromatic heterocycles. The smallest absolute Gasteiger partial charge is 0.114 e. The Bertz CT molecular complexity index is 479. The lowest BCUT2D eigenvalue weighted by atomic mass is 9.92. The molecule has 3 nitrogen and oxygen atoms in total. The number of hydrogen-bond acceptors (Lipinski definition) is 4. The van der Waals surface area contributed by atoms with Gasteiger partial charge in [0.1, 0.15) is 5.01 Å². The zero-order valence-corrected chi connectivity index (χ0v) is 10.7. The van der Waals surface area contributed by atoms with Gasteiger partial charge in [-0.2, -0.15) is 0 Å². The normalized spacial score (nSPS) is 20.3. The van der Waals surface area contributed by atoms with Gasteiger partial charge in [0.25, 0.3) is 0 Å². The third kappa shape index (κ3) is 2.07. The fourth-order valence-electron chi connectivity index (χ4n) is 2.57. The van der Waals surface area contributed by atoms with Crippen LogP contribution in [0, 0.1) is 0 Å². The Morgan fingerprint density at radius 3 is 2.65 bits per heavy atom. The Morgan fingerprint density at radius 1 is 1.18 bits per heavy atom. The molecule has 90 valence electrons. The molecule has 0 unspecified atom stereocenters. The first-order chi connectivity index (χ1) is 8.28. The maximum Gasteiger partial charge on any atom is 0.114 e. The highest BCUT2D eigenvalue weighted by atomic mass is 32.1. The molecule has 0 bridgehead atoms. The first kappa shape index (κ1) is 11.1. The summed E-state index contributed by atoms with van der Waals surface area (Å²) < 4.78 is 1.20. The molecule has 2 aromatic rings. The second-order valence-corrected chi connectivity index (χ2v) is 5.96. The Kier molecular flexibility index (Phi) is 2.84. The van der Waals surface area contributed by atoms with Gasteiger partial charge in [-0.25, -0.2) is 4.98 Å². The van der Waals surface area contributed by atoms with E-state index in [1.54, 1.807) is 11.3 Å². The summed E-state index contributed by atoms with van der Waals surface area (Å²) in [5, 5.41) is 1.10. The Morgan fingerprint density at radius 2 is 1.94 bits per heavy atom. The number of rotatable bonds is 1. The molecule has 1 saturated carbocycles. The van der Waals surface area contributed by atoms with Gasteiger partial charge in [-0.3, -0.25) is 4.98 Å². The van der Waals surface area contributed by atoms with Crippen LogP contribution in [0.2, 0.25) is 0 Å². The summed E-state index contributed by atoms with van der Waals surface area (Å²) in [5.41, 5.74) is 7.37. The molecular weight excluding hydrogens is 230 g/mol. The van der Waals surface area contributed by atoms with E-state index in [0.29, 0.717) is 0 Å². The third-order valence-electron chi connectivity index (χ3n) is 3.61. The van der Waals surface area contributed by atoms with E-state index >= 15 is 0 Å². The van der Waals surface area contributed by atoms with Crippen molar-refractivity contribution in [2.45, 2.75) is 44.1 Å². The summed E-state index contributed by atoms with van der Waals surface area (Å²) in [4.78, 5) is 8.80. The molecule has 0 atom stereocenters. The molecule has 0 spiro atoms. The molecule has 0 aliphatic heterocycles. The van der Waals surface area contributed by atoms with Crippen molar-refractivity contribution in [3.05, 3.63) is 23.5 Å². The fourth-order valence-corrected chi connectivity index (χ4v) is 3.66. The average molecular weight is 247 g/mol. The summed E-state index contributed by atoms with van der Waals surface area (Å²) in [6.07, 6.45) is 10.9. The van der Waals surface area contributed by atoms with E-state index in [-0.39, 0.29) is 5.54 Å². The van der Waals surface area contributed by atoms with Crippen LogP contribution >= 0.6 is 11.3 Å². The number of aromatic nitrogens is 2. The fraction of sp³-hybridized carbons (Fsp3) is 0.538. The van der Waals surface area contributed by atoms with Crippen LogP contribution in [0.15, 0.2) is 18.5 Å². The van der Waals surface area contributed by atoms with Crippen LogP contribution in [0.25, 0.3) is 10.2 Å². The molecule has 0 amide bonds. The molecule has 1 aliphatic carbocycles. The van der Waals surface area contributed by atoms with Crippen LogP contribution in [-0.4, -0.2) is 9.97 Å². The molecule has 3 rings (SSSR count). The summed E-state index contributed by atoms with van der Waals surface area (Å²) >= 11 is 1.74. The van der Waals surface area contributed by atoms with Crippen LogP contribution in [0.3, 0.4) is 0 Å². The molecule has 1 aliphatic rings. The highest BCUT2D eigenvalue weighted by molar-refractivity contribution is 7.18. The number of fused-ring (bicyclic) bond motifs is 1. The molecule has 0 aromatic carbocycles. The van der Waals surface area contributed by atoms with Gasteiger partial charge in [-0.05, 0) is 18.9 Å². The zero-order chi connectivity index (χ0) is 11.7. The monoisotopic (exact) mass is 247 g/mol. The van der Waals surface area contributed by atoms with E-state index in [0.717, 1.165) is 23.4 Å². The van der Waals surface area contributed by atoms with Gasteiger partial charge < -0.3 is 5.73 Å². The SMILES string of the molecule is NC1(c2nc3cnccc3s2)CCCCCC1. The van der Waals surface area contributed by atoms with Crippen molar-refractivity contribution in [1.29, 1.82) is 0 Å². The number of pyridine rings is 1. The predicted octanol–water partition coefficient (Wildman–Crippen LogP) is 3.20. The van der Waals surface area contributed by atoms with Crippen molar-refractivity contribution < 1.29 is 0 Å². The van der Waals surface area contributed by atoms with Crippen LogP contribution in [0.4, 0.5) is 0 Å². The van der Waals surface area contributed by atoms with Gasteiger partial charge in [0.15, 0.2) is 0 Å². The van der Waals surface area contributed by atoms with E-state index < -0.39 is 0 Å². The molecule has 4 heteroatoms. The van der Waals surface area contributed by atoms with Gasteiger partial charge in [0, 0.05) is 6.20 Å². The number of hydrogen-bond donors (Lipinski definition) is 1. The Labute approximate surface area is 105 Å². The zero-order valence-electron chi connectivity index (χ0n) is 9.85. The van der Waals surface area contributed by atoms with Crippen molar-refractivity contribution >= 4 is 21.6 Å². The average Bonchev–Trinajstić information content (AvgIpc) is 2.66. The van der Waals surface area contributed by atoms with Crippen molar-refractivity contribution in [3.8, 4) is 0 Å². The number of thiazole rings is 1. The number of nitrogens with zero attached hydrogens (tertiary/aromatic N) is 2. The van der Waals surface area contributed by atoms with E-state index in [9.17, 15) is 0 Å². The molecular formula is C13H17N3S. The van der Waals surface area contributed by atoms with Crippen molar-refractivity contribution in [2.75, 3.05) is 0 Å². The largest absolute Gasteiger partial charge is 0.319 e. The maximum absolute atomic E-state index is 6.57. The van der Waals surface area contributed by atoms with E-state index in [4.69, 9.17) is 5.73 Å². The minimum atomic E-state index is -0.194. The van der Waals surface area contributed by atoms with E-state index in [1.165, 1.54) is 30.4 Å². The summed E-state index contributed by atoms with van der Waals surface area (Å²) in [5.74, 6) is 0. The topological polar surface area (TPSA) is 51.8 Å². The van der Waals surface area contributed by atoms with Crippen molar-refractivity contribution in [3.63, 3.8) is 0 Å². The van der Waals surface area contributed by atoms with Crippen molar-refractivity contribution in [1.82, 2.24) is 9.97 Å². The van der Waals surface area contributed by atoms with Gasteiger partial charge in [-0.1, -0.05) is 25.7 Å². The highest BCUT2D eigenvalue weighted by Crippen LogP contribution is 2.37. The summed E-state index contributed by atoms with van der Waals surface area (Å²) in [6, 6.07) is 2.02. The standard InChI is InChI=1S/C13H17N3S/c14-13(6-3-1-2-4-7-13)12-16-10-9-15-8-5-11(10)17-12/h5,8-9H,1-4,6-7,14H2. The first-order valence-corrected chi connectivity index (χ1v) is 7.09. The van der Waals surface area contributed by atoms with E-state index in [2.05, 4.69) is 9.97 Å². The molecule has 0 saturated heterocycles. The third-order valence-corrected chi connectivity index (χ3v) is 4.87. The van der Waals surface area contributed by atoms with Crippen LogP contribution in [-0.2, 0) is 5.54 Å². The predicted molar refractivity (Wildman–Crippen MR) is 71.0 cm³/mol. The molecule has 2 heterocycles. The van der Waals surface area contributed by atoms with Gasteiger partial charge in [-0.15, -0.1) is 11.3 Å². The molecule has 0 radical (unpaired) electrons. The lowest BCUT2D eigenvalue weighted by Crippen LogP contribution is -2.35.